The van der Waals surface area contributed by atoms with Gasteiger partial charge in [-0.15, -0.1) is 0 Å². The Kier molecular flexibility index (Phi) is 5.91. The molecule has 0 spiro atoms. The molecule has 4 aliphatic heterocycles. The zero-order valence-electron chi connectivity index (χ0n) is 20.2. The number of fused-ring (bicyclic) bond motifs is 4. The van der Waals surface area contributed by atoms with Gasteiger partial charge < -0.3 is 24.6 Å². The summed E-state index contributed by atoms with van der Waals surface area (Å²) in [4.78, 5) is 45.4. The molecule has 4 heterocycles. The lowest BCUT2D eigenvalue weighted by atomic mass is 9.95. The summed E-state index contributed by atoms with van der Waals surface area (Å²) >= 11 is 0. The number of ether oxygens (including phenoxy) is 2. The molecule has 0 radical (unpaired) electrons. The van der Waals surface area contributed by atoms with Crippen molar-refractivity contribution < 1.29 is 23.9 Å². The van der Waals surface area contributed by atoms with Crippen LogP contribution in [0.5, 0.6) is 11.5 Å². The standard InChI is InChI=1S/C27H30N4O5/c32-25(28-19-7-9-23-24(16-19)36-14-13-35-23)17-31-22-15-18(26(33)29-10-3-4-11-29)6-8-20(22)30-12-2-1-5-21(30)27(31)34/h6-9,15-16,21H,1-5,10-14,17H2,(H,28,32)/t21-/m1/s1. The summed E-state index contributed by atoms with van der Waals surface area (Å²) in [6.07, 6.45) is 4.77. The Morgan fingerprint density at radius 2 is 1.67 bits per heavy atom. The van der Waals surface area contributed by atoms with Crippen LogP contribution in [0.2, 0.25) is 0 Å². The van der Waals surface area contributed by atoms with Crippen LogP contribution >= 0.6 is 0 Å². The lowest BCUT2D eigenvalue weighted by Crippen LogP contribution is -2.56. The molecule has 0 aromatic heterocycles. The van der Waals surface area contributed by atoms with E-state index in [1.165, 1.54) is 0 Å². The number of nitrogens with one attached hydrogen (secondary N) is 1. The van der Waals surface area contributed by atoms with Gasteiger partial charge in [-0.2, -0.15) is 0 Å². The highest BCUT2D eigenvalue weighted by Crippen LogP contribution is 2.40. The smallest absolute Gasteiger partial charge is 0.253 e. The molecule has 1 atom stereocenters. The fourth-order valence-corrected chi connectivity index (χ4v) is 5.62. The van der Waals surface area contributed by atoms with Crippen LogP contribution in [0.1, 0.15) is 42.5 Å². The third-order valence-electron chi connectivity index (χ3n) is 7.40. The summed E-state index contributed by atoms with van der Waals surface area (Å²) in [5, 5.41) is 2.89. The first-order valence-electron chi connectivity index (χ1n) is 12.8. The van der Waals surface area contributed by atoms with Crippen molar-refractivity contribution in [2.45, 2.75) is 38.1 Å². The van der Waals surface area contributed by atoms with Gasteiger partial charge in [-0.1, -0.05) is 0 Å². The van der Waals surface area contributed by atoms with E-state index in [4.69, 9.17) is 9.47 Å². The second-order valence-corrected chi connectivity index (χ2v) is 9.74. The maximum atomic E-state index is 13.6. The fourth-order valence-electron chi connectivity index (χ4n) is 5.62. The number of benzene rings is 2. The van der Waals surface area contributed by atoms with Crippen LogP contribution in [0.3, 0.4) is 0 Å². The second kappa shape index (κ2) is 9.37. The van der Waals surface area contributed by atoms with Crippen LogP contribution in [0.15, 0.2) is 36.4 Å². The second-order valence-electron chi connectivity index (χ2n) is 9.74. The molecule has 188 valence electrons. The zero-order chi connectivity index (χ0) is 24.6. The van der Waals surface area contributed by atoms with E-state index in [1.807, 2.05) is 17.0 Å². The first-order chi connectivity index (χ1) is 17.6. The monoisotopic (exact) mass is 490 g/mol. The van der Waals surface area contributed by atoms with Crippen molar-refractivity contribution in [1.29, 1.82) is 0 Å². The molecule has 36 heavy (non-hydrogen) atoms. The molecular weight excluding hydrogens is 460 g/mol. The number of piperidine rings is 1. The number of rotatable bonds is 4. The minimum Gasteiger partial charge on any atom is -0.486 e. The van der Waals surface area contributed by atoms with Crippen molar-refractivity contribution in [1.82, 2.24) is 4.90 Å². The number of anilines is 3. The van der Waals surface area contributed by atoms with Crippen LogP contribution in [0.4, 0.5) is 17.1 Å². The number of carbonyl (C=O) groups excluding carboxylic acids is 3. The number of amides is 3. The van der Waals surface area contributed by atoms with Crippen LogP contribution in [-0.2, 0) is 9.59 Å². The maximum Gasteiger partial charge on any atom is 0.253 e. The van der Waals surface area contributed by atoms with Gasteiger partial charge in [0.15, 0.2) is 11.5 Å². The van der Waals surface area contributed by atoms with Crippen LogP contribution < -0.4 is 24.6 Å². The van der Waals surface area contributed by atoms with Crippen LogP contribution in [0, 0.1) is 0 Å². The summed E-state index contributed by atoms with van der Waals surface area (Å²) in [5.74, 6) is 0.800. The van der Waals surface area contributed by atoms with E-state index < -0.39 is 0 Å². The molecule has 3 amide bonds. The summed E-state index contributed by atoms with van der Waals surface area (Å²) in [6.45, 7) is 3.12. The predicted octanol–water partition coefficient (Wildman–Crippen LogP) is 3.04. The molecule has 6 rings (SSSR count). The molecule has 2 fully saturated rings. The minimum atomic E-state index is -0.313. The van der Waals surface area contributed by atoms with E-state index in [1.54, 1.807) is 29.2 Å². The van der Waals surface area contributed by atoms with Gasteiger partial charge in [0.05, 0.1) is 11.4 Å². The van der Waals surface area contributed by atoms with Gasteiger partial charge in [0, 0.05) is 37.0 Å². The maximum absolute atomic E-state index is 13.6. The highest BCUT2D eigenvalue weighted by molar-refractivity contribution is 6.11. The molecule has 9 heteroatoms. The van der Waals surface area contributed by atoms with Crippen LogP contribution in [0.25, 0.3) is 0 Å². The Balaban J connectivity index is 1.28. The number of hydrogen-bond donors (Lipinski definition) is 1. The summed E-state index contributed by atoms with van der Waals surface area (Å²) in [5.41, 5.74) is 2.66. The number of hydrogen-bond acceptors (Lipinski definition) is 6. The van der Waals surface area contributed by atoms with Crippen molar-refractivity contribution in [3.05, 3.63) is 42.0 Å². The van der Waals surface area contributed by atoms with Gasteiger partial charge in [-0.3, -0.25) is 19.3 Å². The van der Waals surface area contributed by atoms with Gasteiger partial charge in [-0.25, -0.2) is 0 Å². The summed E-state index contributed by atoms with van der Waals surface area (Å²) in [7, 11) is 0. The largest absolute Gasteiger partial charge is 0.486 e. The molecule has 4 aliphatic rings. The predicted molar refractivity (Wildman–Crippen MR) is 135 cm³/mol. The molecule has 0 unspecified atom stereocenters. The Hall–Kier alpha value is -3.75. The molecule has 0 saturated carbocycles. The Morgan fingerprint density at radius 1 is 0.889 bits per heavy atom. The number of carbonyl (C=O) groups is 3. The molecule has 0 aliphatic carbocycles. The van der Waals surface area contributed by atoms with Gasteiger partial charge in [0.2, 0.25) is 11.8 Å². The Morgan fingerprint density at radius 3 is 2.50 bits per heavy atom. The van der Waals surface area contributed by atoms with E-state index in [0.717, 1.165) is 57.4 Å². The van der Waals surface area contributed by atoms with Crippen molar-refractivity contribution in [2.75, 3.05) is 54.5 Å². The van der Waals surface area contributed by atoms with Crippen molar-refractivity contribution in [3.63, 3.8) is 0 Å². The van der Waals surface area contributed by atoms with Gasteiger partial charge in [0.25, 0.3) is 5.91 Å². The zero-order valence-corrected chi connectivity index (χ0v) is 20.2. The molecule has 2 saturated heterocycles. The quantitative estimate of drug-likeness (QED) is 0.709. The number of nitrogens with zero attached hydrogens (tertiary/aromatic N) is 3. The summed E-state index contributed by atoms with van der Waals surface area (Å²) in [6, 6.07) is 10.6. The average molecular weight is 491 g/mol. The highest BCUT2D eigenvalue weighted by Gasteiger charge is 2.40. The first-order valence-corrected chi connectivity index (χ1v) is 12.8. The van der Waals surface area contributed by atoms with Gasteiger partial charge in [0.1, 0.15) is 25.8 Å². The fraction of sp³-hybridized carbons (Fsp3) is 0.444. The van der Waals surface area contributed by atoms with Gasteiger partial charge >= 0.3 is 0 Å². The van der Waals surface area contributed by atoms with Crippen molar-refractivity contribution >= 4 is 34.8 Å². The minimum absolute atomic E-state index is 0.0239. The lowest BCUT2D eigenvalue weighted by molar-refractivity contribution is -0.123. The SMILES string of the molecule is O=C(CN1C(=O)[C@H]2CCCCN2c2ccc(C(=O)N3CCCC3)cc21)Nc1ccc2c(c1)OCCO2. The first kappa shape index (κ1) is 22.7. The Labute approximate surface area is 209 Å². The molecular formula is C27H30N4O5. The van der Waals surface area contributed by atoms with Crippen molar-refractivity contribution in [3.8, 4) is 11.5 Å². The third kappa shape index (κ3) is 4.12. The van der Waals surface area contributed by atoms with Gasteiger partial charge in [-0.05, 0) is 62.4 Å². The normalized spacial score (nSPS) is 20.6. The van der Waals surface area contributed by atoms with E-state index in [0.29, 0.717) is 41.7 Å². The van der Waals surface area contributed by atoms with E-state index in [2.05, 4.69) is 10.2 Å². The lowest BCUT2D eigenvalue weighted by Gasteiger charge is -2.45. The number of likely N-dealkylation sites (tertiary alicyclic amines) is 1. The molecule has 9 nitrogen and oxygen atoms in total. The molecule has 1 N–H and O–H groups in total. The van der Waals surface area contributed by atoms with E-state index in [-0.39, 0.29) is 30.3 Å². The van der Waals surface area contributed by atoms with Crippen molar-refractivity contribution in [2.24, 2.45) is 0 Å². The Bertz CT molecular complexity index is 1210. The molecule has 2 aromatic carbocycles. The van der Waals surface area contributed by atoms with E-state index in [9.17, 15) is 14.4 Å². The van der Waals surface area contributed by atoms with E-state index >= 15 is 0 Å². The topological polar surface area (TPSA) is 91.4 Å². The highest BCUT2D eigenvalue weighted by atomic mass is 16.6. The molecule has 2 aromatic rings. The molecule has 0 bridgehead atoms. The third-order valence-corrected chi connectivity index (χ3v) is 7.40. The van der Waals surface area contributed by atoms with Crippen LogP contribution in [-0.4, -0.2) is 68.1 Å². The average Bonchev–Trinajstić information content (AvgIpc) is 3.45. The summed E-state index contributed by atoms with van der Waals surface area (Å²) < 4.78 is 11.2.